The lowest BCUT2D eigenvalue weighted by atomic mass is 9.77. The highest BCUT2D eigenvalue weighted by molar-refractivity contribution is 6.31. The minimum absolute atomic E-state index is 0.116. The van der Waals surface area contributed by atoms with Gasteiger partial charge in [0.1, 0.15) is 11.5 Å². The van der Waals surface area contributed by atoms with Gasteiger partial charge in [-0.3, -0.25) is 9.59 Å². The normalized spacial score (nSPS) is 33.4. The number of halogens is 1. The van der Waals surface area contributed by atoms with Crippen LogP contribution in [0.15, 0.2) is 36.4 Å². The van der Waals surface area contributed by atoms with Crippen LogP contribution >= 0.6 is 11.6 Å². The monoisotopic (exact) mass is 347 g/mol. The summed E-state index contributed by atoms with van der Waals surface area (Å²) in [6.45, 7) is 3.98. The molecule has 0 unspecified atom stereocenters. The largest absolute Gasteiger partial charge is 0.463 e. The molecule has 3 heterocycles. The highest BCUT2D eigenvalue weighted by Crippen LogP contribution is 2.53. The number of rotatable bonds is 3. The Morgan fingerprint density at radius 3 is 2.96 bits per heavy atom. The Bertz CT molecular complexity index is 746. The van der Waals surface area contributed by atoms with E-state index < -0.39 is 17.4 Å². The van der Waals surface area contributed by atoms with Crippen LogP contribution < -0.4 is 4.90 Å². The van der Waals surface area contributed by atoms with Gasteiger partial charge in [0, 0.05) is 10.7 Å². The van der Waals surface area contributed by atoms with Gasteiger partial charge in [-0.05, 0) is 32.0 Å². The third-order valence-electron chi connectivity index (χ3n) is 4.84. The van der Waals surface area contributed by atoms with Gasteiger partial charge >= 0.3 is 5.97 Å². The van der Waals surface area contributed by atoms with E-state index in [-0.39, 0.29) is 24.1 Å². The Labute approximate surface area is 145 Å². The van der Waals surface area contributed by atoms with Gasteiger partial charge < -0.3 is 14.4 Å². The van der Waals surface area contributed by atoms with Crippen molar-refractivity contribution < 1.29 is 19.1 Å². The molecule has 0 saturated carbocycles. The maximum absolute atomic E-state index is 13.0. The Balaban J connectivity index is 1.68. The van der Waals surface area contributed by atoms with Gasteiger partial charge in [0.2, 0.25) is 5.91 Å². The molecule has 1 aromatic rings. The van der Waals surface area contributed by atoms with E-state index >= 15 is 0 Å². The summed E-state index contributed by atoms with van der Waals surface area (Å²) >= 11 is 6.05. The molecule has 5 nitrogen and oxygen atoms in total. The van der Waals surface area contributed by atoms with Crippen LogP contribution in [0.1, 0.15) is 13.8 Å². The smallest absolute Gasteiger partial charge is 0.313 e. The molecule has 0 N–H and O–H groups in total. The minimum atomic E-state index is -0.745. The average molecular weight is 348 g/mol. The van der Waals surface area contributed by atoms with Crippen molar-refractivity contribution in [2.24, 2.45) is 11.8 Å². The summed E-state index contributed by atoms with van der Waals surface area (Å²) in [6.07, 6.45) is 3.19. The van der Waals surface area contributed by atoms with Gasteiger partial charge in [-0.15, -0.1) is 0 Å². The molecular formula is C18H18ClNO4. The second kappa shape index (κ2) is 5.33. The average Bonchev–Trinajstić information content (AvgIpc) is 3.15. The van der Waals surface area contributed by atoms with Crippen molar-refractivity contribution in [1.82, 2.24) is 0 Å². The summed E-state index contributed by atoms with van der Waals surface area (Å²) < 4.78 is 11.4. The fourth-order valence-corrected chi connectivity index (χ4v) is 4.13. The number of esters is 1. The summed E-state index contributed by atoms with van der Waals surface area (Å²) in [5.74, 6) is -1.62. The lowest BCUT2D eigenvalue weighted by Crippen LogP contribution is -2.40. The molecule has 0 aliphatic carbocycles. The lowest BCUT2D eigenvalue weighted by molar-refractivity contribution is -0.156. The Morgan fingerprint density at radius 2 is 2.25 bits per heavy atom. The molecule has 1 spiro atoms. The molecule has 2 fully saturated rings. The second-order valence-corrected chi connectivity index (χ2v) is 7.23. The SMILES string of the molecule is CC(C)OC(=O)[C@H]1[C@H]2C(=O)N(c3cccc(Cl)c3)C[C@@]23C=C[C@H]1O3. The quantitative estimate of drug-likeness (QED) is 0.623. The minimum Gasteiger partial charge on any atom is -0.463 e. The van der Waals surface area contributed by atoms with Crippen molar-refractivity contribution in [2.45, 2.75) is 31.7 Å². The highest BCUT2D eigenvalue weighted by atomic mass is 35.5. The van der Waals surface area contributed by atoms with Gasteiger partial charge in [0.15, 0.2) is 0 Å². The molecule has 1 aromatic carbocycles. The summed E-state index contributed by atoms with van der Waals surface area (Å²) in [5, 5.41) is 0.561. The molecule has 4 atom stereocenters. The third kappa shape index (κ3) is 2.19. The number of hydrogen-bond donors (Lipinski definition) is 0. The summed E-state index contributed by atoms with van der Waals surface area (Å²) in [4.78, 5) is 27.2. The lowest BCUT2D eigenvalue weighted by Gasteiger charge is -2.23. The van der Waals surface area contributed by atoms with Crippen molar-refractivity contribution >= 4 is 29.2 Å². The van der Waals surface area contributed by atoms with Gasteiger partial charge in [-0.2, -0.15) is 0 Å². The fraction of sp³-hybridized carbons (Fsp3) is 0.444. The van der Waals surface area contributed by atoms with Crippen LogP contribution in [0.4, 0.5) is 5.69 Å². The Hall–Kier alpha value is -1.85. The van der Waals surface area contributed by atoms with E-state index in [0.29, 0.717) is 17.3 Å². The van der Waals surface area contributed by atoms with Gasteiger partial charge in [-0.25, -0.2) is 0 Å². The molecule has 6 heteroatoms. The number of nitrogens with zero attached hydrogens (tertiary/aromatic N) is 1. The van der Waals surface area contributed by atoms with Crippen LogP contribution in [0.5, 0.6) is 0 Å². The molecule has 3 aliphatic rings. The Kier molecular flexibility index (Phi) is 3.48. The van der Waals surface area contributed by atoms with E-state index in [9.17, 15) is 9.59 Å². The second-order valence-electron chi connectivity index (χ2n) is 6.79. The fourth-order valence-electron chi connectivity index (χ4n) is 3.94. The molecule has 2 saturated heterocycles. The zero-order valence-corrected chi connectivity index (χ0v) is 14.2. The summed E-state index contributed by atoms with van der Waals surface area (Å²) in [7, 11) is 0. The predicted octanol–water partition coefficient (Wildman–Crippen LogP) is 2.58. The van der Waals surface area contributed by atoms with Crippen molar-refractivity contribution in [3.05, 3.63) is 41.4 Å². The topological polar surface area (TPSA) is 55.8 Å². The predicted molar refractivity (Wildman–Crippen MR) is 88.8 cm³/mol. The first-order valence-electron chi connectivity index (χ1n) is 8.06. The molecule has 126 valence electrons. The van der Waals surface area contributed by atoms with Crippen LogP contribution in [0.25, 0.3) is 0 Å². The number of amides is 1. The van der Waals surface area contributed by atoms with Gasteiger partial charge in [0.25, 0.3) is 0 Å². The number of hydrogen-bond acceptors (Lipinski definition) is 4. The van der Waals surface area contributed by atoms with E-state index in [1.165, 1.54) is 0 Å². The number of fused-ring (bicyclic) bond motifs is 1. The number of carbonyl (C=O) groups excluding carboxylic acids is 2. The number of carbonyl (C=O) groups is 2. The number of anilines is 1. The van der Waals surface area contributed by atoms with Crippen molar-refractivity contribution in [1.29, 1.82) is 0 Å². The van der Waals surface area contributed by atoms with E-state index in [1.807, 2.05) is 18.2 Å². The van der Waals surface area contributed by atoms with E-state index in [0.717, 1.165) is 0 Å². The number of benzene rings is 1. The molecule has 0 radical (unpaired) electrons. The van der Waals surface area contributed by atoms with Crippen molar-refractivity contribution in [3.8, 4) is 0 Å². The molecule has 0 aromatic heterocycles. The van der Waals surface area contributed by atoms with Gasteiger partial charge in [0.05, 0.1) is 24.7 Å². The zero-order chi connectivity index (χ0) is 17.1. The summed E-state index contributed by atoms with van der Waals surface area (Å²) in [6, 6.07) is 7.14. The van der Waals surface area contributed by atoms with Crippen molar-refractivity contribution in [3.63, 3.8) is 0 Å². The van der Waals surface area contributed by atoms with Gasteiger partial charge in [-0.1, -0.05) is 29.8 Å². The zero-order valence-electron chi connectivity index (χ0n) is 13.4. The van der Waals surface area contributed by atoms with E-state index in [4.69, 9.17) is 21.1 Å². The first kappa shape index (κ1) is 15.7. The number of ether oxygens (including phenoxy) is 2. The Morgan fingerprint density at radius 1 is 1.46 bits per heavy atom. The van der Waals surface area contributed by atoms with Crippen LogP contribution in [0.3, 0.4) is 0 Å². The van der Waals surface area contributed by atoms with Crippen LogP contribution in [0.2, 0.25) is 5.02 Å². The van der Waals surface area contributed by atoms with E-state index in [1.54, 1.807) is 36.9 Å². The first-order valence-corrected chi connectivity index (χ1v) is 8.44. The van der Waals surface area contributed by atoms with Crippen LogP contribution in [-0.2, 0) is 19.1 Å². The molecule has 2 bridgehead atoms. The maximum Gasteiger partial charge on any atom is 0.313 e. The van der Waals surface area contributed by atoms with E-state index in [2.05, 4.69) is 0 Å². The molecule has 1 amide bonds. The highest BCUT2D eigenvalue weighted by Gasteiger charge is 2.67. The molecule has 3 aliphatic heterocycles. The molecule has 24 heavy (non-hydrogen) atoms. The van der Waals surface area contributed by atoms with Crippen molar-refractivity contribution in [2.75, 3.05) is 11.4 Å². The third-order valence-corrected chi connectivity index (χ3v) is 5.08. The standard InChI is InChI=1S/C18H18ClNO4/c1-10(2)23-17(22)14-13-6-7-18(24-13)9-20(16(21)15(14)18)12-5-3-4-11(19)8-12/h3-8,10,13-15H,9H2,1-2H3/t13-,14-,15+,18+/m1/s1. The van der Waals surface area contributed by atoms with Crippen LogP contribution in [0, 0.1) is 11.8 Å². The first-order chi connectivity index (χ1) is 11.4. The molecule has 4 rings (SSSR count). The molecular weight excluding hydrogens is 330 g/mol. The maximum atomic E-state index is 13.0. The summed E-state index contributed by atoms with van der Waals surface area (Å²) in [5.41, 5.74) is -0.0298. The van der Waals surface area contributed by atoms with Crippen LogP contribution in [-0.4, -0.2) is 36.2 Å².